The minimum Gasteiger partial charge on any atom is -0.373 e. The highest BCUT2D eigenvalue weighted by Gasteiger charge is 2.43. The summed E-state index contributed by atoms with van der Waals surface area (Å²) in [6.07, 6.45) is 3.58. The van der Waals surface area contributed by atoms with Crippen molar-refractivity contribution in [2.24, 2.45) is 11.7 Å². The maximum Gasteiger partial charge on any atom is 0.133 e. The molecule has 1 aromatic rings. The van der Waals surface area contributed by atoms with E-state index in [-0.39, 0.29) is 5.56 Å². The number of rotatable bonds is 4. The smallest absolute Gasteiger partial charge is 0.133 e. The van der Waals surface area contributed by atoms with Crippen LogP contribution >= 0.6 is 0 Å². The molecular formula is C17H25F2NO. The van der Waals surface area contributed by atoms with Gasteiger partial charge in [-0.05, 0) is 44.2 Å². The Kier molecular flexibility index (Phi) is 4.99. The Morgan fingerprint density at radius 2 is 2.14 bits per heavy atom. The SMILES string of the molecule is CCOC1(C(N)c2c(F)ccc(C)c2F)CCCC(C)C1. The van der Waals surface area contributed by atoms with Crippen LogP contribution in [0, 0.1) is 24.5 Å². The average Bonchev–Trinajstić information content (AvgIpc) is 2.43. The number of aryl methyl sites for hydroxylation is 1. The Bertz CT molecular complexity index is 502. The van der Waals surface area contributed by atoms with E-state index in [9.17, 15) is 8.78 Å². The first-order valence-electron chi connectivity index (χ1n) is 7.75. The summed E-state index contributed by atoms with van der Waals surface area (Å²) in [5, 5.41) is 0. The first-order valence-corrected chi connectivity index (χ1v) is 7.75. The van der Waals surface area contributed by atoms with Gasteiger partial charge in [-0.15, -0.1) is 0 Å². The molecule has 1 saturated carbocycles. The van der Waals surface area contributed by atoms with Crippen molar-refractivity contribution in [3.63, 3.8) is 0 Å². The Balaban J connectivity index is 2.44. The van der Waals surface area contributed by atoms with Crippen molar-refractivity contribution in [2.75, 3.05) is 6.61 Å². The lowest BCUT2D eigenvalue weighted by molar-refractivity contribution is -0.0950. The molecule has 0 spiro atoms. The standard InChI is InChI=1S/C17H25F2NO/c1-4-21-17(9-5-6-11(2)10-17)16(20)14-13(18)8-7-12(3)15(14)19/h7-8,11,16H,4-6,9-10,20H2,1-3H3. The van der Waals surface area contributed by atoms with Gasteiger partial charge < -0.3 is 10.5 Å². The van der Waals surface area contributed by atoms with Gasteiger partial charge in [0.1, 0.15) is 11.6 Å². The fourth-order valence-corrected chi connectivity index (χ4v) is 3.56. The minimum absolute atomic E-state index is 0.0300. The van der Waals surface area contributed by atoms with E-state index in [1.807, 2.05) is 6.92 Å². The van der Waals surface area contributed by atoms with Crippen LogP contribution in [0.4, 0.5) is 8.78 Å². The highest BCUT2D eigenvalue weighted by molar-refractivity contribution is 5.31. The first kappa shape index (κ1) is 16.4. The van der Waals surface area contributed by atoms with E-state index in [2.05, 4.69) is 6.92 Å². The lowest BCUT2D eigenvalue weighted by atomic mass is 9.72. The van der Waals surface area contributed by atoms with Gasteiger partial charge in [-0.2, -0.15) is 0 Å². The maximum atomic E-state index is 14.4. The summed E-state index contributed by atoms with van der Waals surface area (Å²) < 4.78 is 34.5. The van der Waals surface area contributed by atoms with E-state index in [1.165, 1.54) is 12.1 Å². The Hall–Kier alpha value is -1.00. The van der Waals surface area contributed by atoms with Crippen LogP contribution in [-0.4, -0.2) is 12.2 Å². The molecule has 2 rings (SSSR count). The summed E-state index contributed by atoms with van der Waals surface area (Å²) in [6, 6.07) is 1.96. The van der Waals surface area contributed by atoms with Crippen LogP contribution in [0.5, 0.6) is 0 Å². The molecule has 0 bridgehead atoms. The van der Waals surface area contributed by atoms with Crippen LogP contribution in [0.15, 0.2) is 12.1 Å². The molecule has 21 heavy (non-hydrogen) atoms. The normalized spacial score (nSPS) is 27.6. The number of hydrogen-bond acceptors (Lipinski definition) is 2. The summed E-state index contributed by atoms with van der Waals surface area (Å²) >= 11 is 0. The molecule has 0 heterocycles. The first-order chi connectivity index (χ1) is 9.91. The second kappa shape index (κ2) is 6.41. The zero-order valence-corrected chi connectivity index (χ0v) is 13.1. The molecule has 1 fully saturated rings. The third-order valence-electron chi connectivity index (χ3n) is 4.62. The molecule has 1 aliphatic carbocycles. The summed E-state index contributed by atoms with van der Waals surface area (Å²) in [5.74, 6) is -0.671. The monoisotopic (exact) mass is 297 g/mol. The van der Waals surface area contributed by atoms with Gasteiger partial charge >= 0.3 is 0 Å². The van der Waals surface area contributed by atoms with Gasteiger partial charge in [0.05, 0.1) is 11.6 Å². The molecule has 1 aliphatic rings. The van der Waals surface area contributed by atoms with Crippen LogP contribution in [0.1, 0.15) is 56.7 Å². The summed E-state index contributed by atoms with van der Waals surface area (Å²) in [6.45, 7) is 6.16. The molecule has 118 valence electrons. The molecule has 0 saturated heterocycles. The van der Waals surface area contributed by atoms with E-state index in [4.69, 9.17) is 10.5 Å². The zero-order valence-electron chi connectivity index (χ0n) is 13.1. The van der Waals surface area contributed by atoms with Gasteiger partial charge in [0, 0.05) is 12.2 Å². The Labute approximate surface area is 125 Å². The van der Waals surface area contributed by atoms with Gasteiger partial charge in [-0.1, -0.05) is 25.8 Å². The van der Waals surface area contributed by atoms with Gasteiger partial charge in [-0.25, -0.2) is 8.78 Å². The van der Waals surface area contributed by atoms with Crippen molar-refractivity contribution in [3.8, 4) is 0 Å². The Morgan fingerprint density at radius 3 is 2.76 bits per heavy atom. The van der Waals surface area contributed by atoms with Crippen molar-refractivity contribution in [1.29, 1.82) is 0 Å². The number of ether oxygens (including phenoxy) is 1. The van der Waals surface area contributed by atoms with E-state index < -0.39 is 23.3 Å². The third kappa shape index (κ3) is 3.11. The molecule has 4 heteroatoms. The molecule has 1 aromatic carbocycles. The van der Waals surface area contributed by atoms with Crippen LogP contribution in [0.25, 0.3) is 0 Å². The predicted octanol–water partition coefficient (Wildman–Crippen LogP) is 4.26. The van der Waals surface area contributed by atoms with Crippen LogP contribution < -0.4 is 5.73 Å². The van der Waals surface area contributed by atoms with Gasteiger partial charge in [0.25, 0.3) is 0 Å². The summed E-state index contributed by atoms with van der Waals surface area (Å²) in [5.41, 5.74) is 6.04. The number of benzene rings is 1. The van der Waals surface area contributed by atoms with E-state index in [0.717, 1.165) is 25.7 Å². The summed E-state index contributed by atoms with van der Waals surface area (Å²) in [4.78, 5) is 0. The molecule has 0 aliphatic heterocycles. The Morgan fingerprint density at radius 1 is 1.43 bits per heavy atom. The third-order valence-corrected chi connectivity index (χ3v) is 4.62. The van der Waals surface area contributed by atoms with Crippen LogP contribution in [0.3, 0.4) is 0 Å². The van der Waals surface area contributed by atoms with Crippen molar-refractivity contribution < 1.29 is 13.5 Å². The highest BCUT2D eigenvalue weighted by Crippen LogP contribution is 2.43. The molecule has 0 amide bonds. The number of nitrogens with two attached hydrogens (primary N) is 1. The molecule has 0 radical (unpaired) electrons. The van der Waals surface area contributed by atoms with E-state index >= 15 is 0 Å². The van der Waals surface area contributed by atoms with Gasteiger partial charge in [0.2, 0.25) is 0 Å². The largest absolute Gasteiger partial charge is 0.373 e. The number of hydrogen-bond donors (Lipinski definition) is 1. The topological polar surface area (TPSA) is 35.2 Å². The van der Waals surface area contributed by atoms with E-state index in [0.29, 0.717) is 18.1 Å². The van der Waals surface area contributed by atoms with Crippen molar-refractivity contribution in [3.05, 3.63) is 34.9 Å². The highest BCUT2D eigenvalue weighted by atomic mass is 19.1. The molecular weight excluding hydrogens is 272 g/mol. The van der Waals surface area contributed by atoms with Crippen molar-refractivity contribution in [1.82, 2.24) is 0 Å². The lowest BCUT2D eigenvalue weighted by Crippen LogP contribution is -2.47. The van der Waals surface area contributed by atoms with Crippen molar-refractivity contribution >= 4 is 0 Å². The van der Waals surface area contributed by atoms with Gasteiger partial charge in [-0.3, -0.25) is 0 Å². The number of halogens is 2. The fraction of sp³-hybridized carbons (Fsp3) is 0.647. The second-order valence-corrected chi connectivity index (χ2v) is 6.27. The molecule has 2 N–H and O–H groups in total. The van der Waals surface area contributed by atoms with Gasteiger partial charge in [0.15, 0.2) is 0 Å². The van der Waals surface area contributed by atoms with Crippen LogP contribution in [0.2, 0.25) is 0 Å². The minimum atomic E-state index is -0.778. The summed E-state index contributed by atoms with van der Waals surface area (Å²) in [7, 11) is 0. The molecule has 3 unspecified atom stereocenters. The van der Waals surface area contributed by atoms with Crippen molar-refractivity contribution in [2.45, 2.75) is 58.1 Å². The fourth-order valence-electron chi connectivity index (χ4n) is 3.56. The zero-order chi connectivity index (χ0) is 15.6. The quantitative estimate of drug-likeness (QED) is 0.901. The molecule has 0 aromatic heterocycles. The molecule has 3 atom stereocenters. The molecule has 2 nitrogen and oxygen atoms in total. The predicted molar refractivity (Wildman–Crippen MR) is 80.0 cm³/mol. The lowest BCUT2D eigenvalue weighted by Gasteiger charge is -2.44. The average molecular weight is 297 g/mol. The maximum absolute atomic E-state index is 14.4. The second-order valence-electron chi connectivity index (χ2n) is 6.27. The van der Waals surface area contributed by atoms with Crippen LogP contribution in [-0.2, 0) is 4.74 Å². The van der Waals surface area contributed by atoms with E-state index in [1.54, 1.807) is 6.92 Å².